The predicted octanol–water partition coefficient (Wildman–Crippen LogP) is 19.5. The summed E-state index contributed by atoms with van der Waals surface area (Å²) < 4.78 is 16.8. The summed E-state index contributed by atoms with van der Waals surface area (Å²) in [6, 6.07) is 0. The minimum Gasteiger partial charge on any atom is -0.462 e. The molecule has 0 aromatic carbocycles. The highest BCUT2D eigenvalue weighted by atomic mass is 16.6. The van der Waals surface area contributed by atoms with Crippen molar-refractivity contribution < 1.29 is 28.6 Å². The lowest BCUT2D eigenvalue weighted by Crippen LogP contribution is -2.30. The summed E-state index contributed by atoms with van der Waals surface area (Å²) in [4.78, 5) is 38.1. The molecule has 0 spiro atoms. The van der Waals surface area contributed by atoms with Crippen molar-refractivity contribution in [1.29, 1.82) is 0 Å². The Balaban J connectivity index is 4.48. The number of allylic oxidation sites excluding steroid dienone is 14. The molecule has 0 bridgehead atoms. The van der Waals surface area contributed by atoms with Crippen LogP contribution in [0, 0.1) is 0 Å². The summed E-state index contributed by atoms with van der Waals surface area (Å²) in [6.45, 7) is 6.47. The van der Waals surface area contributed by atoms with E-state index >= 15 is 0 Å². The van der Waals surface area contributed by atoms with Crippen LogP contribution in [0.5, 0.6) is 0 Å². The van der Waals surface area contributed by atoms with Gasteiger partial charge in [0.15, 0.2) is 6.10 Å². The minimum absolute atomic E-state index is 0.106. The topological polar surface area (TPSA) is 78.9 Å². The number of unbranched alkanes of at least 4 members (excludes halogenated alkanes) is 28. The number of ether oxygens (including phenoxy) is 3. The van der Waals surface area contributed by atoms with Gasteiger partial charge in [-0.05, 0) is 77.0 Å². The third kappa shape index (κ3) is 55.4. The Morgan fingerprint density at radius 3 is 1.03 bits per heavy atom. The van der Waals surface area contributed by atoms with Gasteiger partial charge in [0.1, 0.15) is 13.2 Å². The van der Waals surface area contributed by atoms with Crippen LogP contribution in [0.1, 0.15) is 278 Å². The number of carbonyl (C=O) groups is 3. The van der Waals surface area contributed by atoms with Crippen molar-refractivity contribution in [2.45, 2.75) is 284 Å². The fraction of sp³-hybridized carbons (Fsp3) is 0.730. The molecule has 0 aromatic rings. The van der Waals surface area contributed by atoms with Crippen LogP contribution in [0.4, 0.5) is 0 Å². The van der Waals surface area contributed by atoms with Gasteiger partial charge in [-0.3, -0.25) is 14.4 Å². The van der Waals surface area contributed by atoms with Crippen molar-refractivity contribution >= 4 is 17.9 Å². The highest BCUT2D eigenvalue weighted by molar-refractivity contribution is 5.71. The molecule has 0 aliphatic rings. The maximum Gasteiger partial charge on any atom is 0.306 e. The highest BCUT2D eigenvalue weighted by Gasteiger charge is 2.19. The number of rotatable bonds is 52. The second kappa shape index (κ2) is 57.2. The quantitative estimate of drug-likeness (QED) is 0.0199. The molecule has 0 aliphatic heterocycles. The molecule has 0 N–H and O–H groups in total. The molecular formula is C63H108O6. The van der Waals surface area contributed by atoms with E-state index in [1.165, 1.54) is 141 Å². The number of hydrogen-bond donors (Lipinski definition) is 0. The molecule has 396 valence electrons. The van der Waals surface area contributed by atoms with Crippen molar-refractivity contribution in [1.82, 2.24) is 0 Å². The summed E-state index contributed by atoms with van der Waals surface area (Å²) >= 11 is 0. The zero-order chi connectivity index (χ0) is 50.0. The van der Waals surface area contributed by atoms with E-state index in [0.717, 1.165) is 89.9 Å². The SMILES string of the molecule is CC/C=C\C/C=C\C/C=C\C/C=C\C/C=C\CCC(=O)OCC(COC(=O)CCCCCCC/C=C\C=C/CCCCCCCCC)OC(=O)CCCCCCCCCCCCCCCCCCC. The second-order valence-corrected chi connectivity index (χ2v) is 19.2. The molecule has 0 amide bonds. The van der Waals surface area contributed by atoms with E-state index in [4.69, 9.17) is 14.2 Å². The first-order valence-electron chi connectivity index (χ1n) is 29.1. The molecule has 1 unspecified atom stereocenters. The van der Waals surface area contributed by atoms with Crippen molar-refractivity contribution in [2.75, 3.05) is 13.2 Å². The van der Waals surface area contributed by atoms with Crippen LogP contribution in [-0.2, 0) is 28.6 Å². The Bertz CT molecular complexity index is 1330. The first-order chi connectivity index (χ1) is 34.0. The fourth-order valence-corrected chi connectivity index (χ4v) is 8.07. The molecule has 0 rings (SSSR count). The lowest BCUT2D eigenvalue weighted by molar-refractivity contribution is -0.166. The maximum atomic E-state index is 12.9. The van der Waals surface area contributed by atoms with Gasteiger partial charge in [-0.2, -0.15) is 0 Å². The molecule has 0 aromatic heterocycles. The Kier molecular flexibility index (Phi) is 54.3. The monoisotopic (exact) mass is 961 g/mol. The van der Waals surface area contributed by atoms with E-state index in [-0.39, 0.29) is 37.5 Å². The molecule has 0 saturated carbocycles. The zero-order valence-corrected chi connectivity index (χ0v) is 45.3. The third-order valence-corrected chi connectivity index (χ3v) is 12.4. The van der Waals surface area contributed by atoms with Crippen LogP contribution < -0.4 is 0 Å². The molecular weight excluding hydrogens is 853 g/mol. The average molecular weight is 962 g/mol. The molecule has 6 heteroatoms. The highest BCUT2D eigenvalue weighted by Crippen LogP contribution is 2.16. The summed E-state index contributed by atoms with van der Waals surface area (Å²) in [7, 11) is 0. The lowest BCUT2D eigenvalue weighted by atomic mass is 10.0. The molecule has 0 saturated heterocycles. The first-order valence-corrected chi connectivity index (χ1v) is 29.1. The molecule has 0 heterocycles. The van der Waals surface area contributed by atoms with E-state index in [1.54, 1.807) is 0 Å². The average Bonchev–Trinajstić information content (AvgIpc) is 3.35. The van der Waals surface area contributed by atoms with Crippen LogP contribution in [0.25, 0.3) is 0 Å². The van der Waals surface area contributed by atoms with Crippen LogP contribution in [0.3, 0.4) is 0 Å². The van der Waals surface area contributed by atoms with Crippen LogP contribution in [0.15, 0.2) is 85.1 Å². The van der Waals surface area contributed by atoms with E-state index in [1.807, 2.05) is 6.08 Å². The molecule has 1 atom stereocenters. The van der Waals surface area contributed by atoms with Gasteiger partial charge in [-0.1, -0.05) is 266 Å². The van der Waals surface area contributed by atoms with E-state index in [0.29, 0.717) is 19.3 Å². The largest absolute Gasteiger partial charge is 0.462 e. The van der Waals surface area contributed by atoms with E-state index in [9.17, 15) is 14.4 Å². The Labute approximate surface area is 426 Å². The lowest BCUT2D eigenvalue weighted by Gasteiger charge is -2.18. The summed E-state index contributed by atoms with van der Waals surface area (Å²) in [5.74, 6) is -0.997. The van der Waals surface area contributed by atoms with Crippen molar-refractivity contribution in [3.05, 3.63) is 85.1 Å². The van der Waals surface area contributed by atoms with Gasteiger partial charge in [-0.15, -0.1) is 0 Å². The van der Waals surface area contributed by atoms with E-state index in [2.05, 4.69) is 99.8 Å². The first kappa shape index (κ1) is 65.6. The Morgan fingerprint density at radius 2 is 0.638 bits per heavy atom. The van der Waals surface area contributed by atoms with Gasteiger partial charge in [0, 0.05) is 19.3 Å². The van der Waals surface area contributed by atoms with Gasteiger partial charge in [0.2, 0.25) is 0 Å². The van der Waals surface area contributed by atoms with E-state index < -0.39 is 6.10 Å². The van der Waals surface area contributed by atoms with Crippen LogP contribution >= 0.6 is 0 Å². The van der Waals surface area contributed by atoms with Gasteiger partial charge in [0.25, 0.3) is 0 Å². The number of carbonyl (C=O) groups excluding carboxylic acids is 3. The molecule has 0 radical (unpaired) electrons. The smallest absolute Gasteiger partial charge is 0.306 e. The maximum absolute atomic E-state index is 12.9. The molecule has 0 fully saturated rings. The van der Waals surface area contributed by atoms with Gasteiger partial charge in [0.05, 0.1) is 0 Å². The predicted molar refractivity (Wildman–Crippen MR) is 297 cm³/mol. The third-order valence-electron chi connectivity index (χ3n) is 12.4. The number of hydrogen-bond acceptors (Lipinski definition) is 6. The molecule has 0 aliphatic carbocycles. The van der Waals surface area contributed by atoms with Crippen molar-refractivity contribution in [2.24, 2.45) is 0 Å². The van der Waals surface area contributed by atoms with Gasteiger partial charge < -0.3 is 14.2 Å². The van der Waals surface area contributed by atoms with Gasteiger partial charge >= 0.3 is 17.9 Å². The van der Waals surface area contributed by atoms with Crippen molar-refractivity contribution in [3.63, 3.8) is 0 Å². The summed E-state index contributed by atoms with van der Waals surface area (Å²) in [5.41, 5.74) is 0. The second-order valence-electron chi connectivity index (χ2n) is 19.2. The van der Waals surface area contributed by atoms with Crippen molar-refractivity contribution in [3.8, 4) is 0 Å². The summed E-state index contributed by atoms with van der Waals surface area (Å²) in [5, 5.41) is 0. The normalized spacial score (nSPS) is 12.7. The van der Waals surface area contributed by atoms with Crippen LogP contribution in [-0.4, -0.2) is 37.2 Å². The molecule has 6 nitrogen and oxygen atoms in total. The Morgan fingerprint density at radius 1 is 0.319 bits per heavy atom. The van der Waals surface area contributed by atoms with Gasteiger partial charge in [-0.25, -0.2) is 0 Å². The minimum atomic E-state index is -0.812. The fourth-order valence-electron chi connectivity index (χ4n) is 8.07. The number of esters is 3. The van der Waals surface area contributed by atoms with Crippen LogP contribution in [0.2, 0.25) is 0 Å². The standard InChI is InChI=1S/C63H108O6/c1-4-7-10-13-16-19-22-25-28-31-33-35-38-41-44-47-50-53-56-62(65)68-59-60(58-67-61(64)55-52-49-46-43-40-37-34-30-27-24-21-18-15-12-9-6-3)69-63(66)57-54-51-48-45-42-39-36-32-29-26-23-20-17-14-11-8-5-2/h9,12,18,21,27-28,30-31,33,35,37,40,46,49,60H,4-8,10-11,13-17,19-20,22-26,29,32,34,36,38-39,41-45,47-48,50-59H2,1-3H3/b12-9-,21-18-,30-27-,31-28-,35-33-,40-37-,49-46-. The molecule has 69 heavy (non-hydrogen) atoms. The summed E-state index contributed by atoms with van der Waals surface area (Å²) in [6.07, 6.45) is 74.4. The zero-order valence-electron chi connectivity index (χ0n) is 45.3. The Hall–Kier alpha value is -3.41.